The quantitative estimate of drug-likeness (QED) is 0.588. The Morgan fingerprint density at radius 2 is 2.08 bits per heavy atom. The van der Waals surface area contributed by atoms with Gasteiger partial charge in [0.2, 0.25) is 0 Å². The molecule has 6 nitrogen and oxygen atoms in total. The van der Waals surface area contributed by atoms with Crippen LogP contribution in [0.15, 0.2) is 18.2 Å². The summed E-state index contributed by atoms with van der Waals surface area (Å²) in [6.07, 6.45) is 2.12. The lowest BCUT2D eigenvalue weighted by molar-refractivity contribution is -0.0759. The summed E-state index contributed by atoms with van der Waals surface area (Å²) < 4.78 is 6.11. The van der Waals surface area contributed by atoms with Gasteiger partial charge in [0.15, 0.2) is 11.5 Å². The van der Waals surface area contributed by atoms with Crippen molar-refractivity contribution < 1.29 is 24.9 Å². The summed E-state index contributed by atoms with van der Waals surface area (Å²) in [6.45, 7) is 6.77. The van der Waals surface area contributed by atoms with Gasteiger partial charge in [-0.1, -0.05) is 19.9 Å². The van der Waals surface area contributed by atoms with Gasteiger partial charge in [-0.3, -0.25) is 0 Å². The molecule has 4 N–H and O–H groups in total. The van der Waals surface area contributed by atoms with Gasteiger partial charge in [-0.15, -0.1) is 0 Å². The highest BCUT2D eigenvalue weighted by Gasteiger charge is 2.40. The van der Waals surface area contributed by atoms with Crippen LogP contribution in [0.25, 0.3) is 0 Å². The zero-order valence-electron chi connectivity index (χ0n) is 15.2. The molecule has 25 heavy (non-hydrogen) atoms. The van der Waals surface area contributed by atoms with E-state index in [-0.39, 0.29) is 23.1 Å². The van der Waals surface area contributed by atoms with Gasteiger partial charge in [0, 0.05) is 6.04 Å². The average Bonchev–Trinajstić information content (AvgIpc) is 2.50. The maximum Gasteiger partial charge on any atom is 0.404 e. The van der Waals surface area contributed by atoms with Crippen LogP contribution in [0.2, 0.25) is 0 Å². The number of hydrogen-bond donors (Lipinski definition) is 4. The van der Waals surface area contributed by atoms with Crippen LogP contribution in [-0.2, 0) is 11.2 Å². The number of phenols is 2. The SMILES string of the molecule is CC(C)[C@@H]1CC[C@@](C)(OCCc2ccc(O)c(O)c2)C[C@H]1NC(=O)O. The first-order chi connectivity index (χ1) is 11.7. The molecule has 0 aromatic heterocycles. The molecule has 0 unspecified atom stereocenters. The third kappa shape index (κ3) is 5.26. The van der Waals surface area contributed by atoms with Crippen LogP contribution in [0.5, 0.6) is 11.5 Å². The Labute approximate surface area is 148 Å². The summed E-state index contributed by atoms with van der Waals surface area (Å²) in [5.41, 5.74) is 0.521. The molecule has 0 aliphatic heterocycles. The van der Waals surface area contributed by atoms with Crippen LogP contribution >= 0.6 is 0 Å². The van der Waals surface area contributed by atoms with Crippen molar-refractivity contribution in [3.8, 4) is 11.5 Å². The topological polar surface area (TPSA) is 99.0 Å². The summed E-state index contributed by atoms with van der Waals surface area (Å²) in [5, 5.41) is 30.7. The normalized spacial score (nSPS) is 26.6. The van der Waals surface area contributed by atoms with Crippen molar-refractivity contribution in [1.29, 1.82) is 0 Å². The summed E-state index contributed by atoms with van der Waals surface area (Å²) in [4.78, 5) is 11.1. The number of phenolic OH excluding ortho intramolecular Hbond substituents is 2. The molecule has 6 heteroatoms. The number of benzene rings is 1. The Hall–Kier alpha value is -1.95. The molecule has 1 saturated carbocycles. The standard InChI is InChI=1S/C19H29NO5/c1-12(2)14-6-8-19(3,11-15(14)20-18(23)24)25-9-7-13-4-5-16(21)17(22)10-13/h4-5,10,12,14-15,20-22H,6-9,11H2,1-3H3,(H,23,24)/t14-,15+,19+/m0/s1. The lowest BCUT2D eigenvalue weighted by Crippen LogP contribution is -2.51. The van der Waals surface area contributed by atoms with Crippen molar-refractivity contribution >= 4 is 6.09 Å². The van der Waals surface area contributed by atoms with Crippen LogP contribution in [0.1, 0.15) is 45.6 Å². The van der Waals surface area contributed by atoms with Crippen LogP contribution < -0.4 is 5.32 Å². The minimum Gasteiger partial charge on any atom is -0.504 e. The highest BCUT2D eigenvalue weighted by molar-refractivity contribution is 5.64. The van der Waals surface area contributed by atoms with Crippen LogP contribution in [0.4, 0.5) is 4.79 Å². The third-order valence-corrected chi connectivity index (χ3v) is 5.22. The Morgan fingerprint density at radius 3 is 2.68 bits per heavy atom. The third-order valence-electron chi connectivity index (χ3n) is 5.22. The van der Waals surface area contributed by atoms with Crippen molar-refractivity contribution in [3.05, 3.63) is 23.8 Å². The van der Waals surface area contributed by atoms with Gasteiger partial charge in [0.25, 0.3) is 0 Å². The Kier molecular flexibility index (Phi) is 6.16. The van der Waals surface area contributed by atoms with Crippen molar-refractivity contribution in [2.24, 2.45) is 11.8 Å². The molecule has 0 saturated heterocycles. The number of amides is 1. The van der Waals surface area contributed by atoms with E-state index < -0.39 is 6.09 Å². The molecule has 1 aliphatic rings. The number of ether oxygens (including phenoxy) is 1. The van der Waals surface area contributed by atoms with E-state index in [0.717, 1.165) is 18.4 Å². The first kappa shape index (κ1) is 19.4. The molecule has 1 aliphatic carbocycles. The van der Waals surface area contributed by atoms with Crippen LogP contribution in [0, 0.1) is 11.8 Å². The first-order valence-electron chi connectivity index (χ1n) is 8.84. The fourth-order valence-electron chi connectivity index (χ4n) is 3.78. The number of nitrogens with one attached hydrogen (secondary N) is 1. The van der Waals surface area contributed by atoms with Gasteiger partial charge in [-0.25, -0.2) is 4.79 Å². The van der Waals surface area contributed by atoms with Gasteiger partial charge in [-0.2, -0.15) is 0 Å². The molecule has 1 amide bonds. The Morgan fingerprint density at radius 1 is 1.36 bits per heavy atom. The second-order valence-corrected chi connectivity index (χ2v) is 7.58. The number of aromatic hydroxyl groups is 2. The second-order valence-electron chi connectivity index (χ2n) is 7.58. The van der Waals surface area contributed by atoms with Crippen molar-refractivity contribution in [1.82, 2.24) is 5.32 Å². The van der Waals surface area contributed by atoms with Crippen LogP contribution in [0.3, 0.4) is 0 Å². The molecule has 0 bridgehead atoms. The number of rotatable bonds is 6. The largest absolute Gasteiger partial charge is 0.504 e. The van der Waals surface area contributed by atoms with Gasteiger partial charge in [-0.05, 0) is 62.1 Å². The van der Waals surface area contributed by atoms with E-state index in [9.17, 15) is 15.0 Å². The van der Waals surface area contributed by atoms with E-state index in [4.69, 9.17) is 9.84 Å². The Bertz CT molecular complexity index is 603. The second kappa shape index (κ2) is 7.95. The van der Waals surface area contributed by atoms with E-state index in [2.05, 4.69) is 19.2 Å². The lowest BCUT2D eigenvalue weighted by Gasteiger charge is -2.44. The molecule has 1 fully saturated rings. The summed E-state index contributed by atoms with van der Waals surface area (Å²) in [6, 6.07) is 4.65. The van der Waals surface area contributed by atoms with Gasteiger partial charge in [0.1, 0.15) is 0 Å². The number of carboxylic acid groups (broad SMARTS) is 1. The molecular weight excluding hydrogens is 322 g/mol. The highest BCUT2D eigenvalue weighted by Crippen LogP contribution is 2.38. The number of hydrogen-bond acceptors (Lipinski definition) is 4. The molecule has 2 rings (SSSR count). The van der Waals surface area contributed by atoms with E-state index >= 15 is 0 Å². The Balaban J connectivity index is 1.93. The average molecular weight is 351 g/mol. The summed E-state index contributed by atoms with van der Waals surface area (Å²) in [7, 11) is 0. The molecule has 1 aromatic rings. The zero-order valence-corrected chi connectivity index (χ0v) is 15.2. The molecule has 0 radical (unpaired) electrons. The monoisotopic (exact) mass is 351 g/mol. The molecular formula is C19H29NO5. The molecule has 0 heterocycles. The fraction of sp³-hybridized carbons (Fsp3) is 0.632. The maximum absolute atomic E-state index is 11.1. The van der Waals surface area contributed by atoms with Gasteiger partial charge >= 0.3 is 6.09 Å². The highest BCUT2D eigenvalue weighted by atomic mass is 16.5. The fourth-order valence-corrected chi connectivity index (χ4v) is 3.78. The molecule has 3 atom stereocenters. The van der Waals surface area contributed by atoms with Gasteiger partial charge < -0.3 is 25.4 Å². The minimum absolute atomic E-state index is 0.103. The van der Waals surface area contributed by atoms with E-state index in [0.29, 0.717) is 31.3 Å². The van der Waals surface area contributed by atoms with E-state index in [1.165, 1.54) is 12.1 Å². The first-order valence-corrected chi connectivity index (χ1v) is 8.84. The smallest absolute Gasteiger partial charge is 0.404 e. The van der Waals surface area contributed by atoms with Crippen molar-refractivity contribution in [2.45, 2.75) is 58.1 Å². The van der Waals surface area contributed by atoms with E-state index in [1.54, 1.807) is 6.07 Å². The molecule has 1 aromatic carbocycles. The van der Waals surface area contributed by atoms with Gasteiger partial charge in [0.05, 0.1) is 12.2 Å². The zero-order chi connectivity index (χ0) is 18.6. The molecule has 0 spiro atoms. The maximum atomic E-state index is 11.1. The lowest BCUT2D eigenvalue weighted by atomic mass is 9.72. The molecule has 140 valence electrons. The number of carbonyl (C=O) groups is 1. The summed E-state index contributed by atoms with van der Waals surface area (Å²) in [5.74, 6) is 0.473. The van der Waals surface area contributed by atoms with Crippen molar-refractivity contribution in [3.63, 3.8) is 0 Å². The minimum atomic E-state index is -0.987. The predicted octanol–water partition coefficient (Wildman–Crippen LogP) is 3.51. The van der Waals surface area contributed by atoms with Crippen LogP contribution in [-0.4, -0.2) is 39.7 Å². The predicted molar refractivity (Wildman–Crippen MR) is 95.0 cm³/mol. The summed E-state index contributed by atoms with van der Waals surface area (Å²) >= 11 is 0. The van der Waals surface area contributed by atoms with Crippen molar-refractivity contribution in [2.75, 3.05) is 6.61 Å². The van der Waals surface area contributed by atoms with E-state index in [1.807, 2.05) is 6.92 Å².